The summed E-state index contributed by atoms with van der Waals surface area (Å²) in [5, 5.41) is 17.4. The summed E-state index contributed by atoms with van der Waals surface area (Å²) in [5.41, 5.74) is 0. The molecule has 4 heteroatoms. The summed E-state index contributed by atoms with van der Waals surface area (Å²) >= 11 is 0. The molecule has 2 unspecified atom stereocenters. The molecule has 2 atom stereocenters. The van der Waals surface area contributed by atoms with Gasteiger partial charge in [-0.25, -0.2) is 0 Å². The zero-order valence-electron chi connectivity index (χ0n) is 8.30. The van der Waals surface area contributed by atoms with E-state index in [1.165, 1.54) is 0 Å². The smallest absolute Gasteiger partial charge is 0.307 e. The summed E-state index contributed by atoms with van der Waals surface area (Å²) in [5.74, 6) is -2.72. The molecule has 0 saturated heterocycles. The van der Waals surface area contributed by atoms with Crippen molar-refractivity contribution in [2.75, 3.05) is 0 Å². The SMILES string of the molecule is O=C(O)CC(CC1C=CC=CC1)C(=O)O. The van der Waals surface area contributed by atoms with Crippen molar-refractivity contribution in [1.29, 1.82) is 0 Å². The summed E-state index contributed by atoms with van der Waals surface area (Å²) in [6, 6.07) is 0. The largest absolute Gasteiger partial charge is 0.481 e. The number of carbonyl (C=O) groups is 2. The number of allylic oxidation sites excluding steroid dienone is 4. The second kappa shape index (κ2) is 5.34. The molecule has 1 aliphatic rings. The van der Waals surface area contributed by atoms with Crippen LogP contribution in [0.4, 0.5) is 0 Å². The maximum Gasteiger partial charge on any atom is 0.307 e. The maximum absolute atomic E-state index is 10.8. The minimum Gasteiger partial charge on any atom is -0.481 e. The van der Waals surface area contributed by atoms with Crippen LogP contribution < -0.4 is 0 Å². The Morgan fingerprint density at radius 2 is 2.07 bits per heavy atom. The molecule has 1 aliphatic carbocycles. The second-order valence-corrected chi connectivity index (χ2v) is 3.68. The van der Waals surface area contributed by atoms with Crippen molar-refractivity contribution in [3.05, 3.63) is 24.3 Å². The standard InChI is InChI=1S/C11H14O4/c12-10(13)7-9(11(14)15)6-8-4-2-1-3-5-8/h1-4,8-9H,5-7H2,(H,12,13)(H,14,15). The molecule has 0 spiro atoms. The van der Waals surface area contributed by atoms with E-state index in [0.29, 0.717) is 6.42 Å². The minimum atomic E-state index is -1.06. The van der Waals surface area contributed by atoms with Gasteiger partial charge in [0.15, 0.2) is 0 Å². The predicted octanol–water partition coefficient (Wildman–Crippen LogP) is 1.68. The highest BCUT2D eigenvalue weighted by molar-refractivity contribution is 5.77. The van der Waals surface area contributed by atoms with Gasteiger partial charge in [0, 0.05) is 0 Å². The zero-order valence-corrected chi connectivity index (χ0v) is 8.30. The molecule has 0 aliphatic heterocycles. The first-order valence-corrected chi connectivity index (χ1v) is 4.87. The molecule has 0 fully saturated rings. The van der Waals surface area contributed by atoms with Gasteiger partial charge >= 0.3 is 11.9 Å². The van der Waals surface area contributed by atoms with Crippen LogP contribution in [0.3, 0.4) is 0 Å². The Kier molecular flexibility index (Phi) is 4.09. The van der Waals surface area contributed by atoms with Crippen LogP contribution in [0.2, 0.25) is 0 Å². The van der Waals surface area contributed by atoms with Gasteiger partial charge in [0.05, 0.1) is 12.3 Å². The summed E-state index contributed by atoms with van der Waals surface area (Å²) < 4.78 is 0. The van der Waals surface area contributed by atoms with Crippen LogP contribution in [0.15, 0.2) is 24.3 Å². The van der Waals surface area contributed by atoms with E-state index in [0.717, 1.165) is 6.42 Å². The van der Waals surface area contributed by atoms with E-state index in [2.05, 4.69) is 0 Å². The van der Waals surface area contributed by atoms with Crippen molar-refractivity contribution in [3.63, 3.8) is 0 Å². The van der Waals surface area contributed by atoms with Gasteiger partial charge in [-0.05, 0) is 18.8 Å². The molecule has 0 aromatic heterocycles. The predicted molar refractivity (Wildman–Crippen MR) is 54.4 cm³/mol. The summed E-state index contributed by atoms with van der Waals surface area (Å²) in [6.45, 7) is 0. The van der Waals surface area contributed by atoms with E-state index in [1.54, 1.807) is 0 Å². The number of carboxylic acids is 2. The molecule has 0 bridgehead atoms. The van der Waals surface area contributed by atoms with E-state index in [1.807, 2.05) is 24.3 Å². The monoisotopic (exact) mass is 210 g/mol. The first-order valence-electron chi connectivity index (χ1n) is 4.87. The van der Waals surface area contributed by atoms with Gasteiger partial charge in [-0.2, -0.15) is 0 Å². The number of hydrogen-bond acceptors (Lipinski definition) is 2. The number of rotatable bonds is 5. The van der Waals surface area contributed by atoms with Crippen LogP contribution in [0.1, 0.15) is 19.3 Å². The Morgan fingerprint density at radius 1 is 1.33 bits per heavy atom. The first kappa shape index (κ1) is 11.5. The molecular formula is C11H14O4. The van der Waals surface area contributed by atoms with Crippen molar-refractivity contribution >= 4 is 11.9 Å². The Morgan fingerprint density at radius 3 is 2.53 bits per heavy atom. The van der Waals surface area contributed by atoms with Gasteiger partial charge in [-0.3, -0.25) is 9.59 Å². The quantitative estimate of drug-likeness (QED) is 0.724. The van der Waals surface area contributed by atoms with E-state index in [9.17, 15) is 9.59 Å². The van der Waals surface area contributed by atoms with Crippen molar-refractivity contribution in [2.24, 2.45) is 11.8 Å². The lowest BCUT2D eigenvalue weighted by atomic mass is 9.88. The topological polar surface area (TPSA) is 74.6 Å². The van der Waals surface area contributed by atoms with Crippen molar-refractivity contribution in [3.8, 4) is 0 Å². The fourth-order valence-electron chi connectivity index (χ4n) is 1.65. The molecule has 0 aromatic carbocycles. The van der Waals surface area contributed by atoms with Crippen LogP contribution in [0, 0.1) is 11.8 Å². The third-order valence-electron chi connectivity index (χ3n) is 2.43. The van der Waals surface area contributed by atoms with Crippen molar-refractivity contribution in [1.82, 2.24) is 0 Å². The van der Waals surface area contributed by atoms with E-state index in [-0.39, 0.29) is 12.3 Å². The van der Waals surface area contributed by atoms with Gasteiger partial charge in [-0.1, -0.05) is 24.3 Å². The summed E-state index contributed by atoms with van der Waals surface area (Å²) in [7, 11) is 0. The lowest BCUT2D eigenvalue weighted by Gasteiger charge is -2.17. The maximum atomic E-state index is 10.8. The van der Waals surface area contributed by atoms with Gasteiger partial charge in [0.25, 0.3) is 0 Å². The van der Waals surface area contributed by atoms with E-state index < -0.39 is 17.9 Å². The van der Waals surface area contributed by atoms with Crippen LogP contribution in [-0.2, 0) is 9.59 Å². The molecule has 0 heterocycles. The molecule has 0 amide bonds. The Labute approximate surface area is 87.9 Å². The van der Waals surface area contributed by atoms with Crippen LogP contribution in [-0.4, -0.2) is 22.2 Å². The van der Waals surface area contributed by atoms with E-state index in [4.69, 9.17) is 10.2 Å². The van der Waals surface area contributed by atoms with Gasteiger partial charge < -0.3 is 10.2 Å². The number of hydrogen-bond donors (Lipinski definition) is 2. The molecule has 2 N–H and O–H groups in total. The number of aliphatic carboxylic acids is 2. The molecule has 0 saturated carbocycles. The molecule has 82 valence electrons. The molecule has 15 heavy (non-hydrogen) atoms. The van der Waals surface area contributed by atoms with E-state index >= 15 is 0 Å². The fourth-order valence-corrected chi connectivity index (χ4v) is 1.65. The molecule has 1 rings (SSSR count). The summed E-state index contributed by atoms with van der Waals surface area (Å²) in [6.07, 6.45) is 8.55. The van der Waals surface area contributed by atoms with Crippen molar-refractivity contribution in [2.45, 2.75) is 19.3 Å². The third-order valence-corrected chi connectivity index (χ3v) is 2.43. The number of carboxylic acid groups (broad SMARTS) is 2. The fraction of sp³-hybridized carbons (Fsp3) is 0.455. The highest BCUT2D eigenvalue weighted by atomic mass is 16.4. The third kappa shape index (κ3) is 3.97. The molecule has 0 aromatic rings. The van der Waals surface area contributed by atoms with Gasteiger partial charge in [-0.15, -0.1) is 0 Å². The Bertz CT molecular complexity index is 304. The lowest BCUT2D eigenvalue weighted by molar-refractivity contribution is -0.148. The average Bonchev–Trinajstić information content (AvgIpc) is 2.17. The highest BCUT2D eigenvalue weighted by Gasteiger charge is 2.23. The Balaban J connectivity index is 2.50. The Hall–Kier alpha value is -1.58. The van der Waals surface area contributed by atoms with Gasteiger partial charge in [0.2, 0.25) is 0 Å². The van der Waals surface area contributed by atoms with Crippen LogP contribution in [0.5, 0.6) is 0 Å². The average molecular weight is 210 g/mol. The molecule has 0 radical (unpaired) electrons. The second-order valence-electron chi connectivity index (χ2n) is 3.68. The first-order chi connectivity index (χ1) is 7.09. The van der Waals surface area contributed by atoms with Crippen molar-refractivity contribution < 1.29 is 19.8 Å². The molecular weight excluding hydrogens is 196 g/mol. The zero-order chi connectivity index (χ0) is 11.3. The normalized spacial score (nSPS) is 21.2. The minimum absolute atomic E-state index is 0.149. The van der Waals surface area contributed by atoms with Gasteiger partial charge in [0.1, 0.15) is 0 Å². The lowest BCUT2D eigenvalue weighted by Crippen LogP contribution is -2.20. The molecule has 4 nitrogen and oxygen atoms in total. The van der Waals surface area contributed by atoms with Crippen LogP contribution in [0.25, 0.3) is 0 Å². The van der Waals surface area contributed by atoms with Crippen LogP contribution >= 0.6 is 0 Å². The summed E-state index contributed by atoms with van der Waals surface area (Å²) in [4.78, 5) is 21.3. The highest BCUT2D eigenvalue weighted by Crippen LogP contribution is 2.22.